The van der Waals surface area contributed by atoms with Crippen molar-refractivity contribution >= 4 is 29.4 Å². The number of urea groups is 1. The first kappa shape index (κ1) is 20.0. The molecule has 1 aromatic carbocycles. The molecule has 0 aliphatic carbocycles. The van der Waals surface area contributed by atoms with Gasteiger partial charge in [-0.05, 0) is 24.6 Å². The van der Waals surface area contributed by atoms with E-state index in [4.69, 9.17) is 21.1 Å². The zero-order valence-electron chi connectivity index (χ0n) is 16.1. The van der Waals surface area contributed by atoms with Crippen molar-refractivity contribution in [2.24, 2.45) is 0 Å². The minimum absolute atomic E-state index is 0.0262. The molecular weight excluding hydrogens is 398 g/mol. The number of benzene rings is 1. The Morgan fingerprint density at radius 2 is 2.03 bits per heavy atom. The van der Waals surface area contributed by atoms with Gasteiger partial charge in [-0.3, -0.25) is 14.5 Å². The maximum absolute atomic E-state index is 13.0. The normalized spacial score (nSPS) is 20.9. The molecule has 2 saturated heterocycles. The van der Waals surface area contributed by atoms with Crippen LogP contribution in [0.2, 0.25) is 5.02 Å². The summed E-state index contributed by atoms with van der Waals surface area (Å²) in [5.41, 5.74) is 0.404. The molecule has 0 radical (unpaired) electrons. The average Bonchev–Trinajstić information content (AvgIpc) is 2.93. The summed E-state index contributed by atoms with van der Waals surface area (Å²) >= 11 is 6.16. The van der Waals surface area contributed by atoms with Crippen LogP contribution < -0.4 is 10.1 Å². The summed E-state index contributed by atoms with van der Waals surface area (Å²) in [6.45, 7) is 2.35. The van der Waals surface area contributed by atoms with Crippen LogP contribution in [0.3, 0.4) is 0 Å². The summed E-state index contributed by atoms with van der Waals surface area (Å²) in [4.78, 5) is 39.3. The van der Waals surface area contributed by atoms with Crippen LogP contribution in [0.15, 0.2) is 18.2 Å². The van der Waals surface area contributed by atoms with Gasteiger partial charge in [0.25, 0.3) is 0 Å². The zero-order chi connectivity index (χ0) is 20.4. The number of nitrogens with one attached hydrogen (secondary N) is 1. The third-order valence-corrected chi connectivity index (χ3v) is 5.89. The topological polar surface area (TPSA) is 88.2 Å². The lowest BCUT2D eigenvalue weighted by Gasteiger charge is -2.39. The molecule has 3 aliphatic rings. The molecule has 0 bridgehead atoms. The van der Waals surface area contributed by atoms with Crippen molar-refractivity contribution in [3.05, 3.63) is 28.8 Å². The third-order valence-electron chi connectivity index (χ3n) is 5.66. The molecule has 156 valence electrons. The lowest BCUT2D eigenvalue weighted by molar-refractivity contribution is -0.137. The van der Waals surface area contributed by atoms with E-state index in [-0.39, 0.29) is 31.3 Å². The quantitative estimate of drug-likeness (QED) is 0.750. The van der Waals surface area contributed by atoms with E-state index in [0.717, 1.165) is 16.2 Å². The fraction of sp³-hybridized carbons (Fsp3) is 0.550. The molecule has 0 unspecified atom stereocenters. The van der Waals surface area contributed by atoms with E-state index >= 15 is 0 Å². The number of ether oxygens (including phenoxy) is 2. The van der Waals surface area contributed by atoms with Crippen LogP contribution in [0.5, 0.6) is 5.75 Å². The van der Waals surface area contributed by atoms with Crippen molar-refractivity contribution in [3.8, 4) is 5.75 Å². The molecule has 4 amide bonds. The summed E-state index contributed by atoms with van der Waals surface area (Å²) in [6.07, 6.45) is 2.09. The van der Waals surface area contributed by atoms with Crippen molar-refractivity contribution < 1.29 is 23.9 Å². The third kappa shape index (κ3) is 4.33. The van der Waals surface area contributed by atoms with Crippen molar-refractivity contribution in [3.63, 3.8) is 0 Å². The minimum atomic E-state index is -0.474. The Morgan fingerprint density at radius 3 is 2.76 bits per heavy atom. The molecule has 4 rings (SSSR count). The maximum Gasteiger partial charge on any atom is 0.324 e. The molecule has 9 heteroatoms. The molecule has 1 spiro atoms. The van der Waals surface area contributed by atoms with E-state index in [1.807, 2.05) is 12.1 Å². The van der Waals surface area contributed by atoms with Gasteiger partial charge in [0.05, 0.1) is 26.3 Å². The molecule has 1 N–H and O–H groups in total. The van der Waals surface area contributed by atoms with Gasteiger partial charge in [-0.25, -0.2) is 4.79 Å². The van der Waals surface area contributed by atoms with Gasteiger partial charge in [-0.15, -0.1) is 0 Å². The molecule has 8 nitrogen and oxygen atoms in total. The van der Waals surface area contributed by atoms with Crippen LogP contribution in [-0.2, 0) is 20.9 Å². The first-order valence-electron chi connectivity index (χ1n) is 9.87. The number of fused-ring (bicyclic) bond motifs is 1. The molecule has 1 aromatic rings. The van der Waals surface area contributed by atoms with Crippen LogP contribution in [0, 0.1) is 0 Å². The highest BCUT2D eigenvalue weighted by Crippen LogP contribution is 2.36. The fourth-order valence-electron chi connectivity index (χ4n) is 4.05. The number of halogens is 1. The molecule has 0 saturated carbocycles. The van der Waals surface area contributed by atoms with Gasteiger partial charge in [0.15, 0.2) is 0 Å². The lowest BCUT2D eigenvalue weighted by Crippen LogP contribution is -2.50. The average molecular weight is 422 g/mol. The second-order valence-electron chi connectivity index (χ2n) is 7.71. The number of imide groups is 1. The smallest absolute Gasteiger partial charge is 0.324 e. The fourth-order valence-corrected chi connectivity index (χ4v) is 4.25. The molecule has 0 aromatic heterocycles. The number of amides is 4. The van der Waals surface area contributed by atoms with Gasteiger partial charge < -0.3 is 19.7 Å². The van der Waals surface area contributed by atoms with Crippen LogP contribution >= 0.6 is 11.6 Å². The van der Waals surface area contributed by atoms with E-state index in [9.17, 15) is 14.4 Å². The van der Waals surface area contributed by atoms with Crippen LogP contribution in [0.25, 0.3) is 0 Å². The number of carbonyl (C=O) groups is 3. The highest BCUT2D eigenvalue weighted by Gasteiger charge is 2.40. The van der Waals surface area contributed by atoms with E-state index < -0.39 is 11.6 Å². The zero-order valence-corrected chi connectivity index (χ0v) is 16.9. The van der Waals surface area contributed by atoms with E-state index in [0.29, 0.717) is 50.6 Å². The van der Waals surface area contributed by atoms with E-state index in [2.05, 4.69) is 5.32 Å². The summed E-state index contributed by atoms with van der Waals surface area (Å²) in [5, 5.41) is 3.08. The Bertz CT molecular complexity index is 808. The predicted molar refractivity (Wildman–Crippen MR) is 105 cm³/mol. The van der Waals surface area contributed by atoms with Gasteiger partial charge in [0.2, 0.25) is 11.8 Å². The largest absolute Gasteiger partial charge is 0.485 e. The van der Waals surface area contributed by atoms with E-state index in [1.165, 1.54) is 0 Å². The first-order chi connectivity index (χ1) is 14.0. The second-order valence-corrected chi connectivity index (χ2v) is 8.14. The van der Waals surface area contributed by atoms with Gasteiger partial charge in [-0.2, -0.15) is 0 Å². The summed E-state index contributed by atoms with van der Waals surface area (Å²) < 4.78 is 11.9. The molecular formula is C20H24ClN3O5. The number of nitrogens with zero attached hydrogens (tertiary/aromatic N) is 2. The number of rotatable bonds is 4. The van der Waals surface area contributed by atoms with Gasteiger partial charge in [-0.1, -0.05) is 11.6 Å². The molecule has 29 heavy (non-hydrogen) atoms. The molecule has 0 atom stereocenters. The van der Waals surface area contributed by atoms with Gasteiger partial charge in [0, 0.05) is 42.9 Å². The van der Waals surface area contributed by atoms with Gasteiger partial charge >= 0.3 is 6.03 Å². The summed E-state index contributed by atoms with van der Waals surface area (Å²) in [5.74, 6) is 0.473. The lowest BCUT2D eigenvalue weighted by atomic mass is 9.93. The van der Waals surface area contributed by atoms with Crippen LogP contribution in [0.1, 0.15) is 31.2 Å². The Balaban J connectivity index is 1.46. The SMILES string of the molecule is O=C(CCCN1C(=O)CNC1=O)N1Cc2cc(Cl)ccc2OC2(CCOCC2)C1. The Hall–Kier alpha value is -2.32. The van der Waals surface area contributed by atoms with Crippen molar-refractivity contribution in [1.82, 2.24) is 15.1 Å². The number of hydrogen-bond donors (Lipinski definition) is 1. The molecule has 3 aliphatic heterocycles. The van der Waals surface area contributed by atoms with Crippen molar-refractivity contribution in [2.45, 2.75) is 37.8 Å². The Labute approximate surface area is 174 Å². The Kier molecular flexibility index (Phi) is 5.65. The minimum Gasteiger partial charge on any atom is -0.485 e. The van der Waals surface area contributed by atoms with Crippen LogP contribution in [0.4, 0.5) is 4.79 Å². The Morgan fingerprint density at radius 1 is 1.24 bits per heavy atom. The maximum atomic E-state index is 13.0. The first-order valence-corrected chi connectivity index (χ1v) is 10.2. The predicted octanol–water partition coefficient (Wildman–Crippen LogP) is 1.94. The highest BCUT2D eigenvalue weighted by molar-refractivity contribution is 6.30. The number of hydrogen-bond acceptors (Lipinski definition) is 5. The molecule has 3 heterocycles. The van der Waals surface area contributed by atoms with E-state index in [1.54, 1.807) is 11.0 Å². The standard InChI is InChI=1S/C20H24ClN3O5/c21-15-3-4-16-14(10-15)12-23(13-20(29-16)5-8-28-9-6-20)17(25)2-1-7-24-18(26)11-22-19(24)27/h3-4,10H,1-2,5-9,11-13H2,(H,22,27). The highest BCUT2D eigenvalue weighted by atomic mass is 35.5. The van der Waals surface area contributed by atoms with Crippen molar-refractivity contribution in [2.75, 3.05) is 32.8 Å². The molecule has 2 fully saturated rings. The summed E-state index contributed by atoms with van der Waals surface area (Å²) in [7, 11) is 0. The second kappa shape index (κ2) is 8.20. The summed E-state index contributed by atoms with van der Waals surface area (Å²) in [6, 6.07) is 5.10. The van der Waals surface area contributed by atoms with Crippen molar-refractivity contribution in [1.29, 1.82) is 0 Å². The van der Waals surface area contributed by atoms with Gasteiger partial charge in [0.1, 0.15) is 11.4 Å². The monoisotopic (exact) mass is 421 g/mol. The van der Waals surface area contributed by atoms with Crippen LogP contribution in [-0.4, -0.2) is 66.1 Å². The number of carbonyl (C=O) groups excluding carboxylic acids is 3.